The monoisotopic (exact) mass is 378 g/mol. The molecule has 0 saturated heterocycles. The van der Waals surface area contributed by atoms with Gasteiger partial charge >= 0.3 is 0 Å². The summed E-state index contributed by atoms with van der Waals surface area (Å²) < 4.78 is 0. The molecule has 0 atom stereocenters. The van der Waals surface area contributed by atoms with Crippen molar-refractivity contribution in [3.05, 3.63) is 94.5 Å². The van der Waals surface area contributed by atoms with Gasteiger partial charge in [0.05, 0.1) is 0 Å². The number of hydrogen-bond donors (Lipinski definition) is 1. The van der Waals surface area contributed by atoms with Crippen LogP contribution in [0.3, 0.4) is 0 Å². The van der Waals surface area contributed by atoms with Crippen LogP contribution in [0, 0.1) is 6.92 Å². The number of nitrogens with zero attached hydrogens (tertiary/aromatic N) is 1. The smallest absolute Gasteiger partial charge is 0.258 e. The second kappa shape index (κ2) is 8.06. The van der Waals surface area contributed by atoms with Gasteiger partial charge < -0.3 is 10.2 Å². The van der Waals surface area contributed by atoms with Gasteiger partial charge in [-0.25, -0.2) is 0 Å². The molecule has 27 heavy (non-hydrogen) atoms. The van der Waals surface area contributed by atoms with Crippen molar-refractivity contribution in [2.45, 2.75) is 6.92 Å². The Hall–Kier alpha value is -3.11. The molecule has 0 bridgehead atoms. The predicted octanol–water partition coefficient (Wildman–Crippen LogP) is 5.18. The summed E-state index contributed by atoms with van der Waals surface area (Å²) in [7, 11) is 1.71. The molecule has 0 spiro atoms. The summed E-state index contributed by atoms with van der Waals surface area (Å²) in [4.78, 5) is 26.9. The Morgan fingerprint density at radius 3 is 2.30 bits per heavy atom. The van der Waals surface area contributed by atoms with E-state index in [1.165, 1.54) is 0 Å². The summed E-state index contributed by atoms with van der Waals surface area (Å²) >= 11 is 5.95. The van der Waals surface area contributed by atoms with Crippen LogP contribution in [0.2, 0.25) is 5.02 Å². The zero-order valence-corrected chi connectivity index (χ0v) is 15.8. The Morgan fingerprint density at radius 1 is 0.889 bits per heavy atom. The van der Waals surface area contributed by atoms with Gasteiger partial charge in [0.1, 0.15) is 0 Å². The van der Waals surface area contributed by atoms with Crippen molar-refractivity contribution in [2.75, 3.05) is 17.3 Å². The van der Waals surface area contributed by atoms with Gasteiger partial charge in [-0.2, -0.15) is 0 Å². The summed E-state index contributed by atoms with van der Waals surface area (Å²) in [6.45, 7) is 1.87. The molecule has 4 nitrogen and oxygen atoms in total. The van der Waals surface area contributed by atoms with Crippen LogP contribution < -0.4 is 10.2 Å². The van der Waals surface area contributed by atoms with E-state index >= 15 is 0 Å². The molecule has 0 heterocycles. The largest absolute Gasteiger partial charge is 0.322 e. The number of anilines is 2. The minimum absolute atomic E-state index is 0.182. The molecule has 0 unspecified atom stereocenters. The Kier molecular flexibility index (Phi) is 5.57. The highest BCUT2D eigenvalue weighted by Gasteiger charge is 2.16. The van der Waals surface area contributed by atoms with Crippen molar-refractivity contribution >= 4 is 34.8 Å². The van der Waals surface area contributed by atoms with Crippen LogP contribution in [0.1, 0.15) is 26.3 Å². The molecule has 0 aliphatic rings. The van der Waals surface area contributed by atoms with Crippen LogP contribution in [0.5, 0.6) is 0 Å². The van der Waals surface area contributed by atoms with E-state index in [1.54, 1.807) is 54.4 Å². The lowest BCUT2D eigenvalue weighted by atomic mass is 10.1. The topological polar surface area (TPSA) is 49.4 Å². The van der Waals surface area contributed by atoms with E-state index in [0.29, 0.717) is 21.8 Å². The first-order valence-electron chi connectivity index (χ1n) is 8.46. The third-order valence-corrected chi connectivity index (χ3v) is 4.49. The highest BCUT2D eigenvalue weighted by atomic mass is 35.5. The molecule has 1 N–H and O–H groups in total. The van der Waals surface area contributed by atoms with E-state index in [1.807, 2.05) is 37.3 Å². The molecule has 5 heteroatoms. The number of benzene rings is 3. The van der Waals surface area contributed by atoms with Crippen molar-refractivity contribution in [1.82, 2.24) is 0 Å². The molecule has 0 aliphatic heterocycles. The number of para-hydroxylation sites is 1. The van der Waals surface area contributed by atoms with Gasteiger partial charge in [0.2, 0.25) is 0 Å². The lowest BCUT2D eigenvalue weighted by molar-refractivity contribution is 0.0993. The van der Waals surface area contributed by atoms with Crippen LogP contribution in [0.25, 0.3) is 0 Å². The number of amides is 2. The number of hydrogen-bond acceptors (Lipinski definition) is 2. The lowest BCUT2D eigenvalue weighted by Gasteiger charge is -2.17. The lowest BCUT2D eigenvalue weighted by Crippen LogP contribution is -2.26. The quantitative estimate of drug-likeness (QED) is 0.680. The van der Waals surface area contributed by atoms with Crippen molar-refractivity contribution < 1.29 is 9.59 Å². The molecule has 0 aromatic heterocycles. The molecule has 3 aromatic rings. The van der Waals surface area contributed by atoms with Gasteiger partial charge in [0.15, 0.2) is 0 Å². The minimum Gasteiger partial charge on any atom is -0.322 e. The van der Waals surface area contributed by atoms with E-state index in [4.69, 9.17) is 11.6 Å². The Labute approximate surface area is 163 Å². The molecule has 136 valence electrons. The predicted molar refractivity (Wildman–Crippen MR) is 110 cm³/mol. The number of aryl methyl sites for hydroxylation is 1. The second-order valence-corrected chi connectivity index (χ2v) is 6.63. The summed E-state index contributed by atoms with van der Waals surface area (Å²) in [5.41, 5.74) is 3.20. The summed E-state index contributed by atoms with van der Waals surface area (Å²) in [6, 6.07) is 21.3. The van der Waals surface area contributed by atoms with Crippen molar-refractivity contribution in [3.8, 4) is 0 Å². The number of carbonyl (C=O) groups excluding carboxylic acids is 2. The fourth-order valence-electron chi connectivity index (χ4n) is 2.72. The fourth-order valence-corrected chi connectivity index (χ4v) is 2.94. The zero-order valence-electron chi connectivity index (χ0n) is 15.1. The molecule has 3 aromatic carbocycles. The molecular weight excluding hydrogens is 360 g/mol. The van der Waals surface area contributed by atoms with Crippen molar-refractivity contribution in [3.63, 3.8) is 0 Å². The maximum absolute atomic E-state index is 12.7. The first-order valence-corrected chi connectivity index (χ1v) is 8.84. The number of carbonyl (C=O) groups is 2. The molecule has 0 fully saturated rings. The second-order valence-electron chi connectivity index (χ2n) is 6.19. The fraction of sp³-hybridized carbons (Fsp3) is 0.0909. The van der Waals surface area contributed by atoms with E-state index in [9.17, 15) is 9.59 Å². The van der Waals surface area contributed by atoms with Crippen LogP contribution in [0.4, 0.5) is 11.4 Å². The Bertz CT molecular complexity index is 987. The zero-order chi connectivity index (χ0) is 19.4. The third kappa shape index (κ3) is 4.36. The van der Waals surface area contributed by atoms with Gasteiger partial charge in [-0.15, -0.1) is 0 Å². The van der Waals surface area contributed by atoms with Gasteiger partial charge in [-0.3, -0.25) is 9.59 Å². The maximum atomic E-state index is 12.7. The molecule has 3 rings (SSSR count). The summed E-state index contributed by atoms with van der Waals surface area (Å²) in [6.07, 6.45) is 0. The number of nitrogens with one attached hydrogen (secondary N) is 1. The van der Waals surface area contributed by atoms with Crippen LogP contribution in [-0.2, 0) is 0 Å². The van der Waals surface area contributed by atoms with E-state index in [-0.39, 0.29) is 11.8 Å². The number of halogens is 1. The minimum atomic E-state index is -0.280. The molecular formula is C22H19ClN2O2. The van der Waals surface area contributed by atoms with Crippen LogP contribution in [0.15, 0.2) is 72.8 Å². The van der Waals surface area contributed by atoms with Gasteiger partial charge in [0.25, 0.3) is 11.8 Å². The molecule has 2 amide bonds. The highest BCUT2D eigenvalue weighted by Crippen LogP contribution is 2.21. The van der Waals surface area contributed by atoms with E-state index in [2.05, 4.69) is 5.32 Å². The Morgan fingerprint density at radius 2 is 1.59 bits per heavy atom. The van der Waals surface area contributed by atoms with Crippen LogP contribution >= 0.6 is 11.6 Å². The van der Waals surface area contributed by atoms with Crippen molar-refractivity contribution in [2.24, 2.45) is 0 Å². The Balaban J connectivity index is 1.80. The molecule has 0 aliphatic carbocycles. The van der Waals surface area contributed by atoms with Crippen molar-refractivity contribution in [1.29, 1.82) is 0 Å². The molecule has 0 saturated carbocycles. The normalized spacial score (nSPS) is 10.3. The van der Waals surface area contributed by atoms with Crippen LogP contribution in [-0.4, -0.2) is 18.9 Å². The SMILES string of the molecule is Cc1cc(Cl)ccc1NC(=O)c1cccc(C(=O)N(C)c2ccccc2)c1. The standard InChI is InChI=1S/C22H19ClN2O2/c1-15-13-18(23)11-12-20(15)24-21(26)16-7-6-8-17(14-16)22(27)25(2)19-9-4-3-5-10-19/h3-14H,1-2H3,(H,24,26). The summed E-state index contributed by atoms with van der Waals surface area (Å²) in [5.74, 6) is -0.462. The third-order valence-electron chi connectivity index (χ3n) is 4.26. The highest BCUT2D eigenvalue weighted by molar-refractivity contribution is 6.30. The molecule has 0 radical (unpaired) electrons. The van der Waals surface area contributed by atoms with Gasteiger partial charge in [-0.1, -0.05) is 35.9 Å². The average Bonchev–Trinajstić information content (AvgIpc) is 2.69. The van der Waals surface area contributed by atoms with E-state index in [0.717, 1.165) is 11.3 Å². The first-order chi connectivity index (χ1) is 13.0. The summed E-state index contributed by atoms with van der Waals surface area (Å²) in [5, 5.41) is 3.47. The van der Waals surface area contributed by atoms with Gasteiger partial charge in [0, 0.05) is 34.6 Å². The average molecular weight is 379 g/mol. The van der Waals surface area contributed by atoms with E-state index < -0.39 is 0 Å². The number of rotatable bonds is 4. The maximum Gasteiger partial charge on any atom is 0.258 e. The first kappa shape index (κ1) is 18.7. The van der Waals surface area contributed by atoms with Gasteiger partial charge in [-0.05, 0) is 61.0 Å².